The van der Waals surface area contributed by atoms with Crippen LogP contribution in [-0.2, 0) is 28.6 Å². The molecule has 10 nitrogen and oxygen atoms in total. The van der Waals surface area contributed by atoms with Crippen molar-refractivity contribution in [2.75, 3.05) is 39.4 Å². The second-order valence-electron chi connectivity index (χ2n) is 14.3. The monoisotopic (exact) mass is 600 g/mol. The van der Waals surface area contributed by atoms with Crippen LogP contribution in [0.15, 0.2) is 11.8 Å². The second-order valence-corrected chi connectivity index (χ2v) is 14.3. The van der Waals surface area contributed by atoms with Crippen molar-refractivity contribution in [1.29, 1.82) is 0 Å². The molecule has 8 rings (SSSR count). The summed E-state index contributed by atoms with van der Waals surface area (Å²) >= 11 is 0. The summed E-state index contributed by atoms with van der Waals surface area (Å²) in [6.45, 7) is 4.58. The van der Waals surface area contributed by atoms with Crippen LogP contribution in [-0.4, -0.2) is 126 Å². The van der Waals surface area contributed by atoms with Gasteiger partial charge in [0, 0.05) is 51.3 Å². The lowest BCUT2D eigenvalue weighted by Crippen LogP contribution is -2.73. The number of alkyl halides is 1. The summed E-state index contributed by atoms with van der Waals surface area (Å²) in [5, 5.41) is 3.01. The topological polar surface area (TPSA) is 101 Å². The van der Waals surface area contributed by atoms with Crippen LogP contribution in [0.5, 0.6) is 0 Å². The van der Waals surface area contributed by atoms with Crippen molar-refractivity contribution < 1.29 is 33.0 Å². The molecule has 0 spiro atoms. The van der Waals surface area contributed by atoms with Gasteiger partial charge in [0.05, 0.1) is 61.3 Å². The number of Topliss-reactive ketones (excluding diaryl/α,β-unsaturated/α-hetero) is 1. The SMILES string of the molecule is CC(=O)N[C@@H]1CCN(C2C(F)CC3C(=O)C(C(=O)N4CCOCC4)=CN4C5CC6OC7CCCCC7C6CC5OC2C34)C1. The zero-order chi connectivity index (χ0) is 29.4. The quantitative estimate of drug-likeness (QED) is 0.486. The number of morpholine rings is 2. The van der Waals surface area contributed by atoms with E-state index in [9.17, 15) is 14.4 Å². The predicted octanol–water partition coefficient (Wildman–Crippen LogP) is 1.42. The molecule has 5 heterocycles. The molecule has 4 saturated heterocycles. The van der Waals surface area contributed by atoms with Crippen LogP contribution in [0.3, 0.4) is 0 Å². The van der Waals surface area contributed by atoms with Gasteiger partial charge in [-0.2, -0.15) is 0 Å². The van der Waals surface area contributed by atoms with E-state index in [2.05, 4.69) is 15.1 Å². The maximum Gasteiger partial charge on any atom is 0.259 e. The molecule has 2 amide bonds. The number of likely N-dealkylation sites (tertiary alicyclic amines) is 1. The highest BCUT2D eigenvalue weighted by molar-refractivity contribution is 6.20. The van der Waals surface area contributed by atoms with Gasteiger partial charge in [0.15, 0.2) is 5.78 Å². The van der Waals surface area contributed by atoms with Gasteiger partial charge in [0.2, 0.25) is 5.91 Å². The Morgan fingerprint density at radius 2 is 1.74 bits per heavy atom. The number of halogens is 1. The first kappa shape index (κ1) is 28.4. The molecular formula is C32H45FN4O6. The highest BCUT2D eigenvalue weighted by atomic mass is 19.1. The summed E-state index contributed by atoms with van der Waals surface area (Å²) in [7, 11) is 0. The number of rotatable bonds is 3. The third-order valence-corrected chi connectivity index (χ3v) is 12.0. The number of hydrogen-bond acceptors (Lipinski definition) is 8. The minimum Gasteiger partial charge on any atom is -0.378 e. The Bertz CT molecular complexity index is 1180. The zero-order valence-corrected chi connectivity index (χ0v) is 25.1. The number of hydrogen-bond donors (Lipinski definition) is 1. The van der Waals surface area contributed by atoms with Gasteiger partial charge in [0.25, 0.3) is 5.91 Å². The molecule has 236 valence electrons. The van der Waals surface area contributed by atoms with Crippen molar-refractivity contribution >= 4 is 17.6 Å². The number of amides is 2. The first-order valence-electron chi connectivity index (χ1n) is 16.7. The molecular weight excluding hydrogens is 555 g/mol. The molecule has 3 aliphatic carbocycles. The van der Waals surface area contributed by atoms with Gasteiger partial charge in [-0.1, -0.05) is 12.8 Å². The maximum atomic E-state index is 16.4. The second kappa shape index (κ2) is 11.1. The summed E-state index contributed by atoms with van der Waals surface area (Å²) in [5.74, 6) is -0.242. The molecule has 12 atom stereocenters. The van der Waals surface area contributed by atoms with E-state index in [-0.39, 0.29) is 59.9 Å². The van der Waals surface area contributed by atoms with Crippen LogP contribution in [0.4, 0.5) is 4.39 Å². The van der Waals surface area contributed by atoms with Gasteiger partial charge in [-0.3, -0.25) is 19.3 Å². The average molecular weight is 601 g/mol. The summed E-state index contributed by atoms with van der Waals surface area (Å²) < 4.78 is 35.6. The minimum atomic E-state index is -1.27. The first-order chi connectivity index (χ1) is 20.9. The van der Waals surface area contributed by atoms with E-state index < -0.39 is 24.2 Å². The molecule has 0 aromatic carbocycles. The molecule has 7 fully saturated rings. The van der Waals surface area contributed by atoms with Gasteiger partial charge >= 0.3 is 0 Å². The van der Waals surface area contributed by atoms with Gasteiger partial charge < -0.3 is 29.3 Å². The molecule has 0 radical (unpaired) electrons. The third-order valence-electron chi connectivity index (χ3n) is 12.0. The Hall–Kier alpha value is -2.08. The van der Waals surface area contributed by atoms with Crippen molar-refractivity contribution in [3.8, 4) is 0 Å². The van der Waals surface area contributed by atoms with Crippen molar-refractivity contribution in [3.05, 3.63) is 11.8 Å². The van der Waals surface area contributed by atoms with E-state index in [1.165, 1.54) is 26.2 Å². The van der Waals surface area contributed by atoms with Crippen LogP contribution in [0, 0.1) is 17.8 Å². The van der Waals surface area contributed by atoms with Crippen LogP contribution in [0.1, 0.15) is 58.3 Å². The van der Waals surface area contributed by atoms with Crippen LogP contribution >= 0.6 is 0 Å². The van der Waals surface area contributed by atoms with Crippen LogP contribution < -0.4 is 5.32 Å². The third kappa shape index (κ3) is 4.75. The number of carbonyl (C=O) groups excluding carboxylic acids is 3. The maximum absolute atomic E-state index is 16.4. The molecule has 11 heteroatoms. The van der Waals surface area contributed by atoms with Gasteiger partial charge in [-0.15, -0.1) is 0 Å². The van der Waals surface area contributed by atoms with Gasteiger partial charge in [0.1, 0.15) is 6.17 Å². The van der Waals surface area contributed by atoms with E-state index >= 15 is 4.39 Å². The summed E-state index contributed by atoms with van der Waals surface area (Å²) in [5.41, 5.74) is 0.184. The van der Waals surface area contributed by atoms with Crippen LogP contribution in [0.2, 0.25) is 0 Å². The normalized spacial score (nSPS) is 45.9. The van der Waals surface area contributed by atoms with Crippen molar-refractivity contribution in [2.24, 2.45) is 17.8 Å². The Morgan fingerprint density at radius 1 is 0.930 bits per heavy atom. The Morgan fingerprint density at radius 3 is 2.56 bits per heavy atom. The fourth-order valence-corrected chi connectivity index (χ4v) is 10.2. The lowest BCUT2D eigenvalue weighted by atomic mass is 9.67. The molecule has 3 saturated carbocycles. The smallest absolute Gasteiger partial charge is 0.259 e. The van der Waals surface area contributed by atoms with Gasteiger partial charge in [-0.05, 0) is 50.4 Å². The predicted molar refractivity (Wildman–Crippen MR) is 152 cm³/mol. The minimum absolute atomic E-state index is 0.0187. The number of ether oxygens (including phenoxy) is 3. The van der Waals surface area contributed by atoms with E-state index in [1.807, 2.05) is 6.20 Å². The highest BCUT2D eigenvalue weighted by Gasteiger charge is 2.62. The molecule has 0 bridgehead atoms. The standard InChI is InChI=1S/C32H45FN4O6/c1-17(38)34-18-6-7-36(15-18)29-23(33)12-21-28-31(29)43-27-13-20-19-4-2-3-5-25(19)42-26(20)14-24(27)37(28)16-22(30(21)39)32(40)35-8-10-41-11-9-35/h16,18-21,23-29,31H,2-15H2,1H3,(H,34,38)/t18-,19?,20?,21?,23?,24?,25?,26?,27?,28?,29?,31?/m1/s1. The van der Waals surface area contributed by atoms with E-state index in [1.54, 1.807) is 4.90 Å². The van der Waals surface area contributed by atoms with E-state index in [0.29, 0.717) is 57.3 Å². The summed E-state index contributed by atoms with van der Waals surface area (Å²) in [4.78, 5) is 45.7. The molecule has 1 N–H and O–H groups in total. The Balaban J connectivity index is 1.14. The first-order valence-corrected chi connectivity index (χ1v) is 16.7. The average Bonchev–Trinajstić information content (AvgIpc) is 3.61. The lowest BCUT2D eigenvalue weighted by molar-refractivity contribution is -0.220. The van der Waals surface area contributed by atoms with E-state index in [4.69, 9.17) is 14.2 Å². The fourth-order valence-electron chi connectivity index (χ4n) is 10.2. The van der Waals surface area contributed by atoms with Crippen molar-refractivity contribution in [2.45, 2.75) is 113 Å². The number of carbonyl (C=O) groups is 3. The molecule has 0 aromatic rings. The lowest BCUT2D eigenvalue weighted by Gasteiger charge is -2.61. The van der Waals surface area contributed by atoms with Crippen molar-refractivity contribution in [3.63, 3.8) is 0 Å². The Kier molecular flexibility index (Phi) is 7.31. The molecule has 5 aliphatic heterocycles. The van der Waals surface area contributed by atoms with Gasteiger partial charge in [-0.25, -0.2) is 4.39 Å². The number of nitrogens with zero attached hydrogens (tertiary/aromatic N) is 3. The number of nitrogens with one attached hydrogen (secondary N) is 1. The fraction of sp³-hybridized carbons (Fsp3) is 0.844. The summed E-state index contributed by atoms with van der Waals surface area (Å²) in [6, 6.07) is -0.865. The van der Waals surface area contributed by atoms with Crippen LogP contribution in [0.25, 0.3) is 0 Å². The zero-order valence-electron chi connectivity index (χ0n) is 25.1. The largest absolute Gasteiger partial charge is 0.378 e. The highest BCUT2D eigenvalue weighted by Crippen LogP contribution is 2.53. The number of ketones is 1. The molecule has 8 aliphatic rings. The summed E-state index contributed by atoms with van der Waals surface area (Å²) in [6.07, 6.45) is 7.71. The van der Waals surface area contributed by atoms with E-state index in [0.717, 1.165) is 25.7 Å². The van der Waals surface area contributed by atoms with Crippen molar-refractivity contribution in [1.82, 2.24) is 20.0 Å². The molecule has 0 aromatic heterocycles. The molecule has 11 unspecified atom stereocenters. The Labute approximate surface area is 252 Å². The number of fused-ring (bicyclic) bond motifs is 5. The molecule has 43 heavy (non-hydrogen) atoms.